The zero-order valence-electron chi connectivity index (χ0n) is 14.4. The molecular weight excluding hydrogens is 338 g/mol. The van der Waals surface area contributed by atoms with Crippen LogP contribution in [0.1, 0.15) is 34.2 Å². The normalized spacial score (nSPS) is 17.8. The molecule has 3 aromatic rings. The summed E-state index contributed by atoms with van der Waals surface area (Å²) >= 11 is 0. The van der Waals surface area contributed by atoms with E-state index in [1.807, 2.05) is 24.3 Å². The number of carbonyl (C=O) groups excluding carboxylic acids is 1. The first kappa shape index (κ1) is 16.6. The molecule has 1 saturated heterocycles. The van der Waals surface area contributed by atoms with Gasteiger partial charge >= 0.3 is 0 Å². The summed E-state index contributed by atoms with van der Waals surface area (Å²) in [5.74, 6) is 0.561. The highest BCUT2D eigenvalue weighted by Crippen LogP contribution is 2.35. The van der Waals surface area contributed by atoms with Crippen molar-refractivity contribution in [1.82, 2.24) is 14.9 Å². The van der Waals surface area contributed by atoms with Crippen LogP contribution in [0.3, 0.4) is 0 Å². The summed E-state index contributed by atoms with van der Waals surface area (Å²) in [6.45, 7) is 0.383. The Hall–Kier alpha value is -3.90. The quantitative estimate of drug-likeness (QED) is 0.713. The van der Waals surface area contributed by atoms with E-state index in [-0.39, 0.29) is 11.9 Å². The molecule has 1 aliphatic rings. The van der Waals surface area contributed by atoms with Gasteiger partial charge in [-0.3, -0.25) is 4.79 Å². The summed E-state index contributed by atoms with van der Waals surface area (Å²) in [7, 11) is 0. The van der Waals surface area contributed by atoms with Gasteiger partial charge in [0, 0.05) is 18.2 Å². The van der Waals surface area contributed by atoms with Crippen LogP contribution in [0.15, 0.2) is 60.2 Å². The molecule has 0 unspecified atom stereocenters. The van der Waals surface area contributed by atoms with Crippen LogP contribution in [0.4, 0.5) is 0 Å². The average molecular weight is 353 g/mol. The van der Waals surface area contributed by atoms with Gasteiger partial charge in [-0.15, -0.1) is 0 Å². The third kappa shape index (κ3) is 3.05. The molecule has 0 spiro atoms. The summed E-state index contributed by atoms with van der Waals surface area (Å²) in [4.78, 5) is 22.7. The average Bonchev–Trinajstić information content (AvgIpc) is 3.31. The molecule has 6 nitrogen and oxygen atoms in total. The van der Waals surface area contributed by atoms with Gasteiger partial charge in [0.25, 0.3) is 5.91 Å². The van der Waals surface area contributed by atoms with E-state index in [4.69, 9.17) is 10.5 Å². The SMILES string of the molecule is N#C/C=C1/C[C@@H](c2nc3ccccc3[nH]2)N(C(=O)c2ccc(C#N)cc2)C1. The van der Waals surface area contributed by atoms with Crippen molar-refractivity contribution in [1.29, 1.82) is 10.5 Å². The molecule has 0 saturated carbocycles. The first-order chi connectivity index (χ1) is 13.2. The van der Waals surface area contributed by atoms with Gasteiger partial charge in [0.1, 0.15) is 5.82 Å². The maximum atomic E-state index is 13.1. The molecule has 130 valence electrons. The zero-order valence-corrected chi connectivity index (χ0v) is 14.4. The Morgan fingerprint density at radius 3 is 2.67 bits per heavy atom. The molecule has 0 aliphatic carbocycles. The van der Waals surface area contributed by atoms with E-state index in [1.54, 1.807) is 29.2 Å². The van der Waals surface area contributed by atoms with Crippen LogP contribution in [0, 0.1) is 22.7 Å². The maximum Gasteiger partial charge on any atom is 0.254 e. The smallest absolute Gasteiger partial charge is 0.254 e. The predicted molar refractivity (Wildman–Crippen MR) is 99.3 cm³/mol. The Balaban J connectivity index is 1.71. The Bertz CT molecular complexity index is 1090. The molecule has 2 aromatic carbocycles. The topological polar surface area (TPSA) is 96.6 Å². The van der Waals surface area contributed by atoms with E-state index in [2.05, 4.69) is 22.1 Å². The number of H-pyrrole nitrogens is 1. The number of imidazole rings is 1. The zero-order chi connectivity index (χ0) is 18.8. The van der Waals surface area contributed by atoms with Crippen molar-refractivity contribution in [3.63, 3.8) is 0 Å². The highest BCUT2D eigenvalue weighted by atomic mass is 16.2. The van der Waals surface area contributed by atoms with Crippen LogP contribution in [0.2, 0.25) is 0 Å². The number of para-hydroxylation sites is 2. The number of rotatable bonds is 2. The first-order valence-corrected chi connectivity index (χ1v) is 8.53. The Labute approximate surface area is 156 Å². The fourth-order valence-corrected chi connectivity index (χ4v) is 3.39. The number of nitrogens with zero attached hydrogens (tertiary/aromatic N) is 4. The van der Waals surface area contributed by atoms with E-state index >= 15 is 0 Å². The minimum Gasteiger partial charge on any atom is -0.340 e. The van der Waals surface area contributed by atoms with Crippen molar-refractivity contribution in [3.8, 4) is 12.1 Å². The number of amides is 1. The molecule has 4 rings (SSSR count). The van der Waals surface area contributed by atoms with Gasteiger partial charge in [0.05, 0.1) is 34.8 Å². The second kappa shape index (κ2) is 6.78. The van der Waals surface area contributed by atoms with Crippen LogP contribution in [-0.2, 0) is 0 Å². The molecule has 6 heteroatoms. The summed E-state index contributed by atoms with van der Waals surface area (Å²) in [5, 5.41) is 17.9. The number of fused-ring (bicyclic) bond motifs is 1. The number of allylic oxidation sites excluding steroid dienone is 1. The minimum atomic E-state index is -0.264. The molecule has 1 atom stereocenters. The van der Waals surface area contributed by atoms with Crippen molar-refractivity contribution in [2.75, 3.05) is 6.54 Å². The van der Waals surface area contributed by atoms with Crippen molar-refractivity contribution >= 4 is 16.9 Å². The number of nitrogens with one attached hydrogen (secondary N) is 1. The molecule has 0 radical (unpaired) electrons. The Morgan fingerprint density at radius 1 is 1.19 bits per heavy atom. The van der Waals surface area contributed by atoms with Crippen molar-refractivity contribution < 1.29 is 4.79 Å². The standard InChI is InChI=1S/C21H15N5O/c22-10-9-15-11-19(20-24-17-3-1-2-4-18(17)25-20)26(13-15)21(27)16-7-5-14(12-23)6-8-16/h1-9,19H,11,13H2,(H,24,25)/b15-9-/t19-/m0/s1. The summed E-state index contributed by atoms with van der Waals surface area (Å²) in [6, 6.07) is 18.1. The number of aromatic nitrogens is 2. The number of likely N-dealkylation sites (tertiary alicyclic amines) is 1. The number of hydrogen-bond acceptors (Lipinski definition) is 4. The number of benzene rings is 2. The summed E-state index contributed by atoms with van der Waals surface area (Å²) in [6.07, 6.45) is 2.07. The molecule has 1 amide bonds. The molecule has 1 fully saturated rings. The largest absolute Gasteiger partial charge is 0.340 e. The number of nitriles is 2. The lowest BCUT2D eigenvalue weighted by atomic mass is 10.1. The lowest BCUT2D eigenvalue weighted by Crippen LogP contribution is -2.31. The molecule has 1 aliphatic heterocycles. The van der Waals surface area contributed by atoms with E-state index in [0.29, 0.717) is 29.9 Å². The summed E-state index contributed by atoms with van der Waals surface area (Å²) in [5.41, 5.74) is 3.66. The number of aromatic amines is 1. The highest BCUT2D eigenvalue weighted by Gasteiger charge is 2.35. The lowest BCUT2D eigenvalue weighted by Gasteiger charge is -2.22. The van der Waals surface area contributed by atoms with Gasteiger partial charge in [-0.1, -0.05) is 12.1 Å². The van der Waals surface area contributed by atoms with Gasteiger partial charge < -0.3 is 9.88 Å². The maximum absolute atomic E-state index is 13.1. The van der Waals surface area contributed by atoms with Gasteiger partial charge in [-0.25, -0.2) is 4.98 Å². The fraction of sp³-hybridized carbons (Fsp3) is 0.143. The van der Waals surface area contributed by atoms with Crippen molar-refractivity contribution in [2.45, 2.75) is 12.5 Å². The first-order valence-electron chi connectivity index (χ1n) is 8.53. The molecule has 1 aromatic heterocycles. The monoisotopic (exact) mass is 353 g/mol. The second-order valence-electron chi connectivity index (χ2n) is 6.41. The third-order valence-corrected chi connectivity index (χ3v) is 4.72. The Kier molecular flexibility index (Phi) is 4.16. The van der Waals surface area contributed by atoms with Crippen LogP contribution >= 0.6 is 0 Å². The molecule has 1 N–H and O–H groups in total. The van der Waals surface area contributed by atoms with E-state index in [9.17, 15) is 4.79 Å². The van der Waals surface area contributed by atoms with Crippen LogP contribution < -0.4 is 0 Å². The third-order valence-electron chi connectivity index (χ3n) is 4.72. The van der Waals surface area contributed by atoms with E-state index in [1.165, 1.54) is 6.08 Å². The predicted octanol–water partition coefficient (Wildman–Crippen LogP) is 3.47. The molecule has 0 bridgehead atoms. The van der Waals surface area contributed by atoms with E-state index in [0.717, 1.165) is 16.6 Å². The molecule has 27 heavy (non-hydrogen) atoms. The van der Waals surface area contributed by atoms with Gasteiger partial charge in [0.15, 0.2) is 0 Å². The molecule has 2 heterocycles. The van der Waals surface area contributed by atoms with Crippen LogP contribution in [0.5, 0.6) is 0 Å². The van der Waals surface area contributed by atoms with Crippen molar-refractivity contribution in [2.24, 2.45) is 0 Å². The molecular formula is C21H15N5O. The van der Waals surface area contributed by atoms with Gasteiger partial charge in [0.2, 0.25) is 0 Å². The van der Waals surface area contributed by atoms with Crippen LogP contribution in [0.25, 0.3) is 11.0 Å². The van der Waals surface area contributed by atoms with E-state index < -0.39 is 0 Å². The minimum absolute atomic E-state index is 0.147. The number of hydrogen-bond donors (Lipinski definition) is 1. The lowest BCUT2D eigenvalue weighted by molar-refractivity contribution is 0.0733. The van der Waals surface area contributed by atoms with Gasteiger partial charge in [-0.2, -0.15) is 10.5 Å². The second-order valence-corrected chi connectivity index (χ2v) is 6.41. The number of carbonyl (C=O) groups is 1. The fourth-order valence-electron chi connectivity index (χ4n) is 3.39. The van der Waals surface area contributed by atoms with Crippen molar-refractivity contribution in [3.05, 3.63) is 77.1 Å². The van der Waals surface area contributed by atoms with Gasteiger partial charge in [-0.05, 0) is 48.4 Å². The highest BCUT2D eigenvalue weighted by molar-refractivity contribution is 5.95. The summed E-state index contributed by atoms with van der Waals surface area (Å²) < 4.78 is 0. The van der Waals surface area contributed by atoms with Crippen LogP contribution in [-0.4, -0.2) is 27.3 Å². The Morgan fingerprint density at radius 2 is 1.96 bits per heavy atom.